The minimum absolute atomic E-state index is 0.906. The van der Waals surface area contributed by atoms with Gasteiger partial charge in [0.1, 0.15) is 11.2 Å². The summed E-state index contributed by atoms with van der Waals surface area (Å²) in [6, 6.07) is 64.8. The molecule has 0 saturated heterocycles. The van der Waals surface area contributed by atoms with Crippen molar-refractivity contribution in [2.45, 2.75) is 0 Å². The second-order valence-electron chi connectivity index (χ2n) is 12.5. The SMILES string of the molecule is c1ccc(N(c2ccc(-c3c4ccccc4cc4c3oc3ccccc34)cc2)c2cccc3c2c2ccccc2n3-c2ccccc2)cc1. The summed E-state index contributed by atoms with van der Waals surface area (Å²) in [5.74, 6) is 0. The number of hydrogen-bond acceptors (Lipinski definition) is 2. The van der Waals surface area contributed by atoms with Crippen molar-refractivity contribution in [3.63, 3.8) is 0 Å². The Labute approximate surface area is 283 Å². The van der Waals surface area contributed by atoms with Crippen LogP contribution in [0.2, 0.25) is 0 Å². The molecule has 0 aliphatic carbocycles. The molecule has 230 valence electrons. The van der Waals surface area contributed by atoms with Gasteiger partial charge in [-0.25, -0.2) is 0 Å². The van der Waals surface area contributed by atoms with E-state index in [4.69, 9.17) is 4.42 Å². The van der Waals surface area contributed by atoms with Gasteiger partial charge < -0.3 is 13.9 Å². The Balaban J connectivity index is 1.20. The number of nitrogens with zero attached hydrogens (tertiary/aromatic N) is 2. The first-order chi connectivity index (χ1) is 24.3. The lowest BCUT2D eigenvalue weighted by Crippen LogP contribution is -2.10. The van der Waals surface area contributed by atoms with Gasteiger partial charge >= 0.3 is 0 Å². The Hall–Kier alpha value is -6.58. The third-order valence-electron chi connectivity index (χ3n) is 9.75. The standard InChI is InChI=1S/C46H30N2O/c1-3-15-33(16-4-1)47(41-23-13-24-42-45(41)38-21-9-11-22-40(38)48(42)34-17-5-2-6-18-34)35-28-26-31(27-29-35)44-36-19-8-7-14-32(36)30-39-37-20-10-12-25-43(37)49-46(39)44/h1-30H. The lowest BCUT2D eigenvalue weighted by molar-refractivity contribution is 0.670. The Morgan fingerprint density at radius 2 is 1.08 bits per heavy atom. The molecule has 2 heterocycles. The Kier molecular flexibility index (Phi) is 6.18. The van der Waals surface area contributed by atoms with Crippen molar-refractivity contribution in [3.8, 4) is 16.8 Å². The van der Waals surface area contributed by atoms with Gasteiger partial charge in [0.05, 0.1) is 16.7 Å². The summed E-state index contributed by atoms with van der Waals surface area (Å²) in [6.07, 6.45) is 0. The molecule has 0 aliphatic heterocycles. The number of anilines is 3. The molecule has 0 unspecified atom stereocenters. The van der Waals surface area contributed by atoms with Crippen LogP contribution in [0.5, 0.6) is 0 Å². The summed E-state index contributed by atoms with van der Waals surface area (Å²) in [4.78, 5) is 2.38. The lowest BCUT2D eigenvalue weighted by atomic mass is 9.95. The third-order valence-corrected chi connectivity index (χ3v) is 9.75. The third kappa shape index (κ3) is 4.29. The van der Waals surface area contributed by atoms with Crippen LogP contribution in [0.3, 0.4) is 0 Å². The number of benzene rings is 8. The van der Waals surface area contributed by atoms with E-state index in [1.807, 2.05) is 6.07 Å². The van der Waals surface area contributed by atoms with Crippen molar-refractivity contribution in [3.05, 3.63) is 182 Å². The van der Waals surface area contributed by atoms with Gasteiger partial charge in [0, 0.05) is 44.2 Å². The highest BCUT2D eigenvalue weighted by Gasteiger charge is 2.22. The maximum absolute atomic E-state index is 6.58. The molecule has 0 aliphatic rings. The minimum atomic E-state index is 0.906. The average molecular weight is 627 g/mol. The maximum atomic E-state index is 6.58. The molecular weight excluding hydrogens is 597 g/mol. The summed E-state index contributed by atoms with van der Waals surface area (Å²) in [5.41, 5.74) is 10.9. The summed E-state index contributed by atoms with van der Waals surface area (Å²) in [5, 5.41) is 7.10. The van der Waals surface area contributed by atoms with Gasteiger partial charge in [-0.05, 0) is 83.1 Å². The molecule has 0 spiro atoms. The summed E-state index contributed by atoms with van der Waals surface area (Å²) in [7, 11) is 0. The van der Waals surface area contributed by atoms with Gasteiger partial charge in [-0.2, -0.15) is 0 Å². The topological polar surface area (TPSA) is 21.3 Å². The fourth-order valence-corrected chi connectivity index (χ4v) is 7.63. The highest BCUT2D eigenvalue weighted by Crippen LogP contribution is 2.45. The van der Waals surface area contributed by atoms with E-state index in [2.05, 4.69) is 185 Å². The van der Waals surface area contributed by atoms with Crippen molar-refractivity contribution in [2.75, 3.05) is 4.90 Å². The molecule has 3 nitrogen and oxygen atoms in total. The molecule has 0 saturated carbocycles. The molecule has 0 radical (unpaired) electrons. The van der Waals surface area contributed by atoms with E-state index in [1.54, 1.807) is 0 Å². The van der Waals surface area contributed by atoms with Crippen LogP contribution in [0.1, 0.15) is 0 Å². The van der Waals surface area contributed by atoms with Gasteiger partial charge in [0.2, 0.25) is 0 Å². The first-order valence-corrected chi connectivity index (χ1v) is 16.7. The highest BCUT2D eigenvalue weighted by molar-refractivity contribution is 6.19. The lowest BCUT2D eigenvalue weighted by Gasteiger charge is -2.26. The molecule has 10 rings (SSSR count). The van der Waals surface area contributed by atoms with Crippen molar-refractivity contribution in [1.29, 1.82) is 0 Å². The van der Waals surface area contributed by atoms with Crippen molar-refractivity contribution >= 4 is 71.6 Å². The maximum Gasteiger partial charge on any atom is 0.143 e. The van der Waals surface area contributed by atoms with E-state index >= 15 is 0 Å². The molecule has 0 fully saturated rings. The molecule has 3 heteroatoms. The smallest absolute Gasteiger partial charge is 0.143 e. The van der Waals surface area contributed by atoms with E-state index in [1.165, 1.54) is 32.6 Å². The quantitative estimate of drug-likeness (QED) is 0.190. The van der Waals surface area contributed by atoms with Crippen molar-refractivity contribution in [2.24, 2.45) is 0 Å². The number of para-hydroxylation sites is 4. The van der Waals surface area contributed by atoms with Crippen LogP contribution in [0, 0.1) is 0 Å². The van der Waals surface area contributed by atoms with Gasteiger partial charge in [-0.3, -0.25) is 0 Å². The predicted molar refractivity (Wildman–Crippen MR) is 206 cm³/mol. The van der Waals surface area contributed by atoms with Gasteiger partial charge in [0.25, 0.3) is 0 Å². The summed E-state index contributed by atoms with van der Waals surface area (Å²) >= 11 is 0. The van der Waals surface area contributed by atoms with Crippen molar-refractivity contribution < 1.29 is 4.42 Å². The Bertz CT molecular complexity index is 2810. The highest BCUT2D eigenvalue weighted by atomic mass is 16.3. The van der Waals surface area contributed by atoms with Crippen LogP contribution in [-0.2, 0) is 0 Å². The molecule has 8 aromatic carbocycles. The molecular formula is C46H30N2O. The average Bonchev–Trinajstić information content (AvgIpc) is 3.71. The van der Waals surface area contributed by atoms with Crippen LogP contribution in [0.4, 0.5) is 17.1 Å². The van der Waals surface area contributed by atoms with Gasteiger partial charge in [0.15, 0.2) is 0 Å². The van der Waals surface area contributed by atoms with Crippen molar-refractivity contribution in [1.82, 2.24) is 4.57 Å². The molecule has 49 heavy (non-hydrogen) atoms. The Morgan fingerprint density at radius 3 is 1.90 bits per heavy atom. The molecule has 0 N–H and O–H groups in total. The van der Waals surface area contributed by atoms with E-state index in [9.17, 15) is 0 Å². The molecule has 0 atom stereocenters. The number of aromatic nitrogens is 1. The number of hydrogen-bond donors (Lipinski definition) is 0. The van der Waals surface area contributed by atoms with Crippen LogP contribution < -0.4 is 4.90 Å². The van der Waals surface area contributed by atoms with Crippen LogP contribution in [-0.4, -0.2) is 4.57 Å². The zero-order valence-electron chi connectivity index (χ0n) is 26.6. The fraction of sp³-hybridized carbons (Fsp3) is 0. The normalized spacial score (nSPS) is 11.7. The molecule has 10 aromatic rings. The molecule has 2 aromatic heterocycles. The summed E-state index contributed by atoms with van der Waals surface area (Å²) in [6.45, 7) is 0. The predicted octanol–water partition coefficient (Wildman–Crippen LogP) is 13.0. The number of rotatable bonds is 5. The van der Waals surface area contributed by atoms with E-state index in [-0.39, 0.29) is 0 Å². The largest absolute Gasteiger partial charge is 0.455 e. The van der Waals surface area contributed by atoms with Crippen LogP contribution >= 0.6 is 0 Å². The number of furan rings is 1. The zero-order chi connectivity index (χ0) is 32.3. The van der Waals surface area contributed by atoms with Gasteiger partial charge in [-0.15, -0.1) is 0 Å². The zero-order valence-corrected chi connectivity index (χ0v) is 26.6. The second-order valence-corrected chi connectivity index (χ2v) is 12.5. The van der Waals surface area contributed by atoms with Gasteiger partial charge in [-0.1, -0.05) is 115 Å². The monoisotopic (exact) mass is 626 g/mol. The molecule has 0 bridgehead atoms. The second kappa shape index (κ2) is 11.0. The fourth-order valence-electron chi connectivity index (χ4n) is 7.63. The van der Waals surface area contributed by atoms with E-state index in [0.29, 0.717) is 0 Å². The molecule has 0 amide bonds. The first-order valence-electron chi connectivity index (χ1n) is 16.7. The first kappa shape index (κ1) is 27.5. The summed E-state index contributed by atoms with van der Waals surface area (Å²) < 4.78 is 8.95. The van der Waals surface area contributed by atoms with Crippen LogP contribution in [0.25, 0.3) is 71.3 Å². The van der Waals surface area contributed by atoms with Crippen LogP contribution in [0.15, 0.2) is 186 Å². The van der Waals surface area contributed by atoms with E-state index in [0.717, 1.165) is 55.8 Å². The van der Waals surface area contributed by atoms with E-state index < -0.39 is 0 Å². The minimum Gasteiger partial charge on any atom is -0.455 e. The number of fused-ring (bicyclic) bond motifs is 7. The Morgan fingerprint density at radius 1 is 0.449 bits per heavy atom.